The second kappa shape index (κ2) is 36.6. The van der Waals surface area contributed by atoms with Crippen LogP contribution in [0.4, 0.5) is 0 Å². The Morgan fingerprint density at radius 3 is 1.25 bits per heavy atom. The molecule has 0 N–H and O–H groups in total. The molecule has 1 aliphatic heterocycles. The summed E-state index contributed by atoms with van der Waals surface area (Å²) in [6.07, 6.45) is 38.8. The molecule has 1 aliphatic rings. The number of benzene rings is 2. The zero-order valence-corrected chi connectivity index (χ0v) is 37.8. The van der Waals surface area contributed by atoms with Gasteiger partial charge >= 0.3 is 16.5 Å². The molecule has 0 radical (unpaired) electrons. The van der Waals surface area contributed by atoms with E-state index in [9.17, 15) is 5.53 Å². The minimum Gasteiger partial charge on any atom is -0.694 e. The maximum Gasteiger partial charge on any atom is 2.00 e. The molecule has 310 valence electrons. The molecule has 0 fully saturated rings. The first kappa shape index (κ1) is 53.3. The molecule has 0 bridgehead atoms. The maximum absolute atomic E-state index is 12.1. The van der Waals surface area contributed by atoms with E-state index in [1.165, 1.54) is 91.2 Å². The van der Waals surface area contributed by atoms with E-state index in [0.29, 0.717) is 0 Å². The van der Waals surface area contributed by atoms with Gasteiger partial charge in [0.15, 0.2) is 0 Å². The van der Waals surface area contributed by atoms with Gasteiger partial charge in [-0.3, -0.25) is 0 Å². The molecule has 0 aliphatic carbocycles. The zero-order chi connectivity index (χ0) is 41.1. The minimum atomic E-state index is 0. The number of unbranched alkanes of at least 4 members (excludes halogenated alkanes) is 13. The Bertz CT molecular complexity index is 1650. The Labute approximate surface area is 362 Å². The average molecular weight is 810 g/mol. The van der Waals surface area contributed by atoms with Gasteiger partial charge in [0.25, 0.3) is 0 Å². The monoisotopic (exact) mass is 809 g/mol. The van der Waals surface area contributed by atoms with Gasteiger partial charge in [0.05, 0.1) is 0 Å². The zero-order valence-electron chi connectivity index (χ0n) is 36.8. The quantitative estimate of drug-likeness (QED) is 0.0372. The second-order valence-electron chi connectivity index (χ2n) is 14.6. The van der Waals surface area contributed by atoms with Gasteiger partial charge in [0.1, 0.15) is 0 Å². The number of hydrogen-bond acceptors (Lipinski definition) is 0. The Hall–Kier alpha value is -3.75. The van der Waals surface area contributed by atoms with Gasteiger partial charge in [-0.2, -0.15) is 0 Å². The van der Waals surface area contributed by atoms with E-state index in [1.807, 2.05) is 13.8 Å². The topological polar surface area (TPSA) is 25.3 Å². The summed E-state index contributed by atoms with van der Waals surface area (Å²) >= 11 is 0. The molecular formula is C54H74N2Ni. The van der Waals surface area contributed by atoms with Crippen molar-refractivity contribution in [1.29, 1.82) is 0 Å². The first-order valence-corrected chi connectivity index (χ1v) is 22.3. The molecule has 0 amide bonds. The fourth-order valence-corrected chi connectivity index (χ4v) is 6.78. The first-order chi connectivity index (χ1) is 27.5. The van der Waals surface area contributed by atoms with E-state index in [1.54, 1.807) is 0 Å². The number of allylic oxidation sites excluding steroid dienone is 2. The normalized spacial score (nSPS) is 11.4. The summed E-state index contributed by atoms with van der Waals surface area (Å²) in [5.41, 5.74) is 21.4. The van der Waals surface area contributed by atoms with Gasteiger partial charge in [-0.25, -0.2) is 4.70 Å². The van der Waals surface area contributed by atoms with Gasteiger partial charge in [-0.05, 0) is 93.9 Å². The van der Waals surface area contributed by atoms with Crippen LogP contribution in [0, 0.1) is 48.4 Å². The molecule has 2 nitrogen and oxygen atoms in total. The van der Waals surface area contributed by atoms with Crippen molar-refractivity contribution >= 4 is 11.4 Å². The van der Waals surface area contributed by atoms with Crippen molar-refractivity contribution in [2.75, 3.05) is 0 Å². The molecule has 0 spiro atoms. The van der Waals surface area contributed by atoms with Crippen LogP contribution < -0.4 is 0 Å². The Morgan fingerprint density at radius 2 is 0.860 bits per heavy atom. The van der Waals surface area contributed by atoms with Gasteiger partial charge in [-0.1, -0.05) is 136 Å². The number of rotatable bonds is 22. The summed E-state index contributed by atoms with van der Waals surface area (Å²) in [5, 5.41) is 0. The van der Waals surface area contributed by atoms with Crippen LogP contribution in [0.2, 0.25) is 0 Å². The number of nitrogens with zero attached hydrogens (tertiary/aromatic N) is 2. The van der Waals surface area contributed by atoms with Crippen molar-refractivity contribution in [3.05, 3.63) is 100 Å². The third-order valence-electron chi connectivity index (χ3n) is 9.89. The van der Waals surface area contributed by atoms with Crippen molar-refractivity contribution in [2.24, 2.45) is 0 Å². The van der Waals surface area contributed by atoms with Crippen LogP contribution in [0.3, 0.4) is 0 Å². The van der Waals surface area contributed by atoms with Gasteiger partial charge in [-0.15, -0.1) is 23.7 Å². The standard InChI is InChI=1S/C44H60N2.2C5H7.Ni/c1-5-9-12-14-16-18-20-22-24-30-37-32-26-28-35-40(37)43-39(8-4)42(34-11-7-3)44(46(43)45)41-36-29-27-33-38(41)31-25-23-21-19-17-15-13-10-6-2;2*1-3-5-4-2;/h26-29,32-33,35-36H,5-19,24-25,30-31,34H2,1-4H3;2*3,5H2,1H3;/q;2*-1;+2. The Morgan fingerprint density at radius 1 is 0.456 bits per heavy atom. The van der Waals surface area contributed by atoms with Crippen LogP contribution in [-0.4, -0.2) is 4.70 Å². The maximum atomic E-state index is 12.1. The van der Waals surface area contributed by atoms with Crippen LogP contribution in [0.15, 0.2) is 59.7 Å². The van der Waals surface area contributed by atoms with E-state index in [4.69, 9.17) is 12.8 Å². The number of hydrogen-bond donors (Lipinski definition) is 0. The van der Waals surface area contributed by atoms with Crippen molar-refractivity contribution in [3.63, 3.8) is 0 Å². The van der Waals surface area contributed by atoms with Crippen molar-refractivity contribution in [1.82, 2.24) is 0 Å². The summed E-state index contributed by atoms with van der Waals surface area (Å²) in [4.78, 5) is 0. The molecule has 0 saturated heterocycles. The molecule has 57 heavy (non-hydrogen) atoms. The van der Waals surface area contributed by atoms with Crippen LogP contribution in [0.1, 0.15) is 205 Å². The third-order valence-corrected chi connectivity index (χ3v) is 9.89. The molecule has 2 aromatic rings. The number of aryl methyl sites for hydroxylation is 2. The summed E-state index contributed by atoms with van der Waals surface area (Å²) in [6.45, 7) is 13.1. The van der Waals surface area contributed by atoms with E-state index in [2.05, 4.69) is 112 Å². The fraction of sp³-hybridized carbons (Fsp3) is 0.556. The SMILES string of the molecule is CCCCCCCC#CCCc1ccccc1C1=C(CC)C(CCCC)=C(c2ccccc2CCC#CCCCCCCC)[N+]1=[N-].[C-]#CCCC.[C-]#CCCC.[Ni+2]. The minimum absolute atomic E-state index is 0. The summed E-state index contributed by atoms with van der Waals surface area (Å²) in [5.74, 6) is 18.2. The summed E-state index contributed by atoms with van der Waals surface area (Å²) in [6, 6.07) is 17.3. The molecule has 3 heteroatoms. The molecular weight excluding hydrogens is 735 g/mol. The predicted octanol–water partition coefficient (Wildman–Crippen LogP) is 15.8. The summed E-state index contributed by atoms with van der Waals surface area (Å²) in [7, 11) is 0. The van der Waals surface area contributed by atoms with Crippen molar-refractivity contribution in [3.8, 4) is 35.5 Å². The van der Waals surface area contributed by atoms with E-state index in [-0.39, 0.29) is 16.5 Å². The Balaban J connectivity index is 0.00000253. The molecule has 1 heterocycles. The molecule has 0 aromatic heterocycles. The van der Waals surface area contributed by atoms with Crippen LogP contribution >= 0.6 is 0 Å². The van der Waals surface area contributed by atoms with E-state index in [0.717, 1.165) is 112 Å². The Kier molecular flexibility index (Phi) is 34.2. The van der Waals surface area contributed by atoms with Gasteiger partial charge < -0.3 is 30.2 Å². The largest absolute Gasteiger partial charge is 2.00 e. The van der Waals surface area contributed by atoms with Gasteiger partial charge in [0, 0.05) is 48.0 Å². The van der Waals surface area contributed by atoms with Crippen molar-refractivity contribution < 1.29 is 21.2 Å². The van der Waals surface area contributed by atoms with Crippen LogP contribution in [0.5, 0.6) is 0 Å². The second-order valence-corrected chi connectivity index (χ2v) is 14.6. The summed E-state index contributed by atoms with van der Waals surface area (Å²) < 4.78 is 1.53. The molecule has 0 atom stereocenters. The third kappa shape index (κ3) is 21.5. The van der Waals surface area contributed by atoms with E-state index >= 15 is 0 Å². The molecule has 0 unspecified atom stereocenters. The molecule has 3 rings (SSSR count). The molecule has 2 aromatic carbocycles. The fourth-order valence-electron chi connectivity index (χ4n) is 6.78. The van der Waals surface area contributed by atoms with Crippen LogP contribution in [0.25, 0.3) is 16.9 Å². The van der Waals surface area contributed by atoms with Gasteiger partial charge in [0.2, 0.25) is 11.4 Å². The smallest absolute Gasteiger partial charge is 0.694 e. The van der Waals surface area contributed by atoms with E-state index < -0.39 is 0 Å². The molecule has 0 saturated carbocycles. The van der Waals surface area contributed by atoms with Crippen LogP contribution in [-0.2, 0) is 29.3 Å². The predicted molar refractivity (Wildman–Crippen MR) is 243 cm³/mol. The average Bonchev–Trinajstić information content (AvgIpc) is 3.50. The first-order valence-electron chi connectivity index (χ1n) is 22.3. The van der Waals surface area contributed by atoms with Crippen molar-refractivity contribution in [2.45, 2.75) is 196 Å².